The van der Waals surface area contributed by atoms with Crippen LogP contribution in [-0.4, -0.2) is 26.1 Å². The fourth-order valence-corrected chi connectivity index (χ4v) is 1.56. The van der Waals surface area contributed by atoms with E-state index in [1.54, 1.807) is 18.7 Å². The fourth-order valence-electron chi connectivity index (χ4n) is 1.23. The molecule has 2 rings (SSSR count). The molecule has 0 aliphatic rings. The van der Waals surface area contributed by atoms with Gasteiger partial charge in [0, 0.05) is 31.7 Å². The maximum absolute atomic E-state index is 5.50. The lowest BCUT2D eigenvalue weighted by Gasteiger charge is -2.07. The normalized spacial score (nSPS) is 10.3. The maximum Gasteiger partial charge on any atom is 0.221 e. The Bertz CT molecular complexity index is 455. The molecule has 0 atom stereocenters. The molecule has 0 fully saturated rings. The number of anilines is 2. The summed E-state index contributed by atoms with van der Waals surface area (Å²) in [6, 6.07) is 0. The first-order chi connectivity index (χ1) is 7.75. The van der Waals surface area contributed by atoms with Crippen LogP contribution in [0.2, 0.25) is 0 Å². The highest BCUT2D eigenvalue weighted by Gasteiger charge is 2.01. The minimum Gasteiger partial charge on any atom is -0.368 e. The Morgan fingerprint density at radius 1 is 1.50 bits per heavy atom. The van der Waals surface area contributed by atoms with Crippen LogP contribution in [0.3, 0.4) is 0 Å². The largest absolute Gasteiger partial charge is 0.368 e. The van der Waals surface area contributed by atoms with Crippen LogP contribution in [0, 0.1) is 0 Å². The predicted octanol–water partition coefficient (Wildman–Crippen LogP) is 1.13. The second kappa shape index (κ2) is 4.93. The molecule has 0 saturated heterocycles. The smallest absolute Gasteiger partial charge is 0.221 e. The summed E-state index contributed by atoms with van der Waals surface area (Å²) >= 11 is 3.35. The maximum atomic E-state index is 5.50. The van der Waals surface area contributed by atoms with E-state index in [-0.39, 0.29) is 5.95 Å². The fraction of sp³-hybridized carbons (Fsp3) is 0.222. The Balaban J connectivity index is 1.92. The van der Waals surface area contributed by atoms with E-state index in [0.717, 1.165) is 17.6 Å². The van der Waals surface area contributed by atoms with Crippen LogP contribution in [0.15, 0.2) is 29.4 Å². The van der Waals surface area contributed by atoms with Gasteiger partial charge in [0.1, 0.15) is 5.82 Å². The second-order valence-electron chi connectivity index (χ2n) is 3.15. The summed E-state index contributed by atoms with van der Waals surface area (Å²) in [5.74, 6) is 0.959. The zero-order valence-electron chi connectivity index (χ0n) is 8.47. The van der Waals surface area contributed by atoms with Crippen LogP contribution >= 0.6 is 15.9 Å². The van der Waals surface area contributed by atoms with E-state index in [0.29, 0.717) is 5.82 Å². The average Bonchev–Trinajstić information content (AvgIpc) is 2.76. The van der Waals surface area contributed by atoms with Gasteiger partial charge in [-0.1, -0.05) is 0 Å². The molecule has 0 saturated carbocycles. The van der Waals surface area contributed by atoms with Gasteiger partial charge in [0.15, 0.2) is 0 Å². The molecule has 0 spiro atoms. The molecule has 3 N–H and O–H groups in total. The lowest BCUT2D eigenvalue weighted by atomic mass is 10.5. The van der Waals surface area contributed by atoms with Crippen molar-refractivity contribution in [3.8, 4) is 0 Å². The topological polar surface area (TPSA) is 81.6 Å². The molecule has 0 bridgehead atoms. The van der Waals surface area contributed by atoms with Gasteiger partial charge in [-0.25, -0.2) is 9.97 Å². The van der Waals surface area contributed by atoms with Gasteiger partial charge in [0.2, 0.25) is 5.95 Å². The number of aromatic nitrogens is 4. The highest BCUT2D eigenvalue weighted by atomic mass is 79.9. The Morgan fingerprint density at radius 2 is 2.38 bits per heavy atom. The molecule has 16 heavy (non-hydrogen) atoms. The molecule has 0 aliphatic carbocycles. The van der Waals surface area contributed by atoms with Crippen molar-refractivity contribution < 1.29 is 0 Å². The van der Waals surface area contributed by atoms with Crippen molar-refractivity contribution in [1.29, 1.82) is 0 Å². The Hall–Kier alpha value is -1.63. The Morgan fingerprint density at radius 3 is 3.12 bits per heavy atom. The van der Waals surface area contributed by atoms with E-state index < -0.39 is 0 Å². The average molecular weight is 283 g/mol. The zero-order chi connectivity index (χ0) is 11.4. The SMILES string of the molecule is Nc1ncc(Br)c(NCCn2ccnc2)n1. The van der Waals surface area contributed by atoms with E-state index in [9.17, 15) is 0 Å². The molecular weight excluding hydrogens is 272 g/mol. The van der Waals surface area contributed by atoms with Gasteiger partial charge in [-0.3, -0.25) is 0 Å². The minimum absolute atomic E-state index is 0.258. The number of hydrogen-bond acceptors (Lipinski definition) is 5. The third-order valence-electron chi connectivity index (χ3n) is 1.98. The molecule has 0 unspecified atom stereocenters. The number of nitrogens with one attached hydrogen (secondary N) is 1. The highest BCUT2D eigenvalue weighted by Crippen LogP contribution is 2.18. The van der Waals surface area contributed by atoms with Crippen molar-refractivity contribution in [3.63, 3.8) is 0 Å². The first kappa shape index (κ1) is 10.9. The Labute approximate surface area is 101 Å². The molecule has 7 heteroatoms. The van der Waals surface area contributed by atoms with Gasteiger partial charge in [0.25, 0.3) is 0 Å². The number of hydrogen-bond donors (Lipinski definition) is 2. The van der Waals surface area contributed by atoms with Crippen LogP contribution in [-0.2, 0) is 6.54 Å². The lowest BCUT2D eigenvalue weighted by molar-refractivity contribution is 0.725. The van der Waals surface area contributed by atoms with Crippen LogP contribution in [0.4, 0.5) is 11.8 Å². The summed E-state index contributed by atoms with van der Waals surface area (Å²) in [5, 5.41) is 3.17. The summed E-state index contributed by atoms with van der Waals surface area (Å²) in [6.45, 7) is 1.56. The number of imidazole rings is 1. The summed E-state index contributed by atoms with van der Waals surface area (Å²) in [5.41, 5.74) is 5.50. The van der Waals surface area contributed by atoms with Crippen LogP contribution < -0.4 is 11.1 Å². The number of nitrogens with two attached hydrogens (primary N) is 1. The minimum atomic E-state index is 0.258. The van der Waals surface area contributed by atoms with Crippen LogP contribution in [0.25, 0.3) is 0 Å². The van der Waals surface area contributed by atoms with Crippen molar-refractivity contribution >= 4 is 27.7 Å². The van der Waals surface area contributed by atoms with Gasteiger partial charge >= 0.3 is 0 Å². The van der Waals surface area contributed by atoms with E-state index in [2.05, 4.69) is 36.2 Å². The summed E-state index contributed by atoms with van der Waals surface area (Å²) in [7, 11) is 0. The van der Waals surface area contributed by atoms with Gasteiger partial charge < -0.3 is 15.6 Å². The first-order valence-corrected chi connectivity index (χ1v) is 5.52. The molecular formula is C9H11BrN6. The van der Waals surface area contributed by atoms with Crippen molar-refractivity contribution in [1.82, 2.24) is 19.5 Å². The second-order valence-corrected chi connectivity index (χ2v) is 4.01. The molecule has 0 radical (unpaired) electrons. The Kier molecular flexibility index (Phi) is 3.35. The van der Waals surface area contributed by atoms with Crippen LogP contribution in [0.5, 0.6) is 0 Å². The molecule has 2 aromatic heterocycles. The molecule has 6 nitrogen and oxygen atoms in total. The highest BCUT2D eigenvalue weighted by molar-refractivity contribution is 9.10. The predicted molar refractivity (Wildman–Crippen MR) is 64.9 cm³/mol. The number of nitrogen functional groups attached to an aromatic ring is 1. The third kappa shape index (κ3) is 2.69. The summed E-state index contributed by atoms with van der Waals surface area (Å²) < 4.78 is 2.78. The molecule has 0 aromatic carbocycles. The monoisotopic (exact) mass is 282 g/mol. The van der Waals surface area contributed by atoms with E-state index in [4.69, 9.17) is 5.73 Å². The quantitative estimate of drug-likeness (QED) is 0.879. The molecule has 2 aromatic rings. The van der Waals surface area contributed by atoms with Gasteiger partial charge in [-0.2, -0.15) is 4.98 Å². The third-order valence-corrected chi connectivity index (χ3v) is 2.56. The molecule has 0 amide bonds. The molecule has 84 valence electrons. The van der Waals surface area contributed by atoms with Crippen molar-refractivity contribution in [3.05, 3.63) is 29.4 Å². The van der Waals surface area contributed by atoms with Crippen LogP contribution in [0.1, 0.15) is 0 Å². The van der Waals surface area contributed by atoms with Gasteiger partial charge in [-0.05, 0) is 15.9 Å². The van der Waals surface area contributed by atoms with E-state index >= 15 is 0 Å². The van der Waals surface area contributed by atoms with Crippen molar-refractivity contribution in [2.45, 2.75) is 6.54 Å². The lowest BCUT2D eigenvalue weighted by Crippen LogP contribution is -2.11. The summed E-state index contributed by atoms with van der Waals surface area (Å²) in [4.78, 5) is 11.9. The first-order valence-electron chi connectivity index (χ1n) is 4.73. The molecule has 0 aliphatic heterocycles. The van der Waals surface area contributed by atoms with Crippen molar-refractivity contribution in [2.75, 3.05) is 17.6 Å². The van der Waals surface area contributed by atoms with Gasteiger partial charge in [-0.15, -0.1) is 0 Å². The van der Waals surface area contributed by atoms with E-state index in [1.807, 2.05) is 10.8 Å². The molecule has 2 heterocycles. The summed E-state index contributed by atoms with van der Waals surface area (Å²) in [6.07, 6.45) is 7.05. The number of rotatable bonds is 4. The van der Waals surface area contributed by atoms with Gasteiger partial charge in [0.05, 0.1) is 10.8 Å². The number of halogens is 1. The van der Waals surface area contributed by atoms with E-state index in [1.165, 1.54) is 0 Å². The standard InChI is InChI=1S/C9H11BrN6/c10-7-5-14-9(11)15-8(7)13-2-4-16-3-1-12-6-16/h1,3,5-6H,2,4H2,(H3,11,13,14,15). The van der Waals surface area contributed by atoms with Crippen molar-refractivity contribution in [2.24, 2.45) is 0 Å². The zero-order valence-corrected chi connectivity index (χ0v) is 10.1. The number of nitrogens with zero attached hydrogens (tertiary/aromatic N) is 4.